The Balaban J connectivity index is 2.33. The van der Waals surface area contributed by atoms with Gasteiger partial charge in [0.1, 0.15) is 6.33 Å². The number of aliphatic hydroxyl groups is 1. The van der Waals surface area contributed by atoms with Crippen molar-refractivity contribution in [2.45, 2.75) is 33.4 Å². The fourth-order valence-corrected chi connectivity index (χ4v) is 2.52. The normalized spacial score (nSPS) is 12.7. The van der Waals surface area contributed by atoms with Crippen LogP contribution < -0.4 is 5.69 Å². The molecule has 2 aromatic rings. The molecule has 0 aliphatic heterocycles. The van der Waals surface area contributed by atoms with Crippen LogP contribution in [-0.2, 0) is 13.6 Å². The van der Waals surface area contributed by atoms with E-state index >= 15 is 0 Å². The van der Waals surface area contributed by atoms with Crippen LogP contribution in [0.4, 0.5) is 0 Å². The van der Waals surface area contributed by atoms with Crippen molar-refractivity contribution in [2.24, 2.45) is 7.05 Å². The molecule has 0 saturated heterocycles. The first-order valence-corrected chi connectivity index (χ1v) is 6.24. The van der Waals surface area contributed by atoms with Gasteiger partial charge in [-0.3, -0.25) is 4.57 Å². The van der Waals surface area contributed by atoms with Gasteiger partial charge in [-0.1, -0.05) is 17.7 Å². The van der Waals surface area contributed by atoms with E-state index in [4.69, 9.17) is 0 Å². The van der Waals surface area contributed by atoms with Gasteiger partial charge in [-0.25, -0.2) is 9.48 Å². The summed E-state index contributed by atoms with van der Waals surface area (Å²) in [5, 5.41) is 14.3. The van der Waals surface area contributed by atoms with E-state index in [1.807, 2.05) is 32.9 Å². The van der Waals surface area contributed by atoms with E-state index in [1.165, 1.54) is 21.1 Å². The van der Waals surface area contributed by atoms with E-state index in [-0.39, 0.29) is 12.2 Å². The molecule has 1 heterocycles. The van der Waals surface area contributed by atoms with Crippen molar-refractivity contribution in [1.82, 2.24) is 14.3 Å². The molecule has 102 valence electrons. The third kappa shape index (κ3) is 2.61. The summed E-state index contributed by atoms with van der Waals surface area (Å²) in [6.07, 6.45) is 0.720. The van der Waals surface area contributed by atoms with Gasteiger partial charge in [-0.15, -0.1) is 0 Å². The Morgan fingerprint density at radius 1 is 1.26 bits per heavy atom. The van der Waals surface area contributed by atoms with Crippen LogP contribution in [0.2, 0.25) is 0 Å². The van der Waals surface area contributed by atoms with Crippen LogP contribution in [0, 0.1) is 20.8 Å². The van der Waals surface area contributed by atoms with Gasteiger partial charge < -0.3 is 5.11 Å². The third-order valence-corrected chi connectivity index (χ3v) is 3.30. The second-order valence-electron chi connectivity index (χ2n) is 5.03. The van der Waals surface area contributed by atoms with E-state index in [0.717, 1.165) is 16.7 Å². The van der Waals surface area contributed by atoms with E-state index < -0.39 is 6.10 Å². The number of benzene rings is 1. The van der Waals surface area contributed by atoms with Gasteiger partial charge in [0.05, 0.1) is 12.6 Å². The van der Waals surface area contributed by atoms with Crippen LogP contribution >= 0.6 is 0 Å². The molecule has 1 aromatic heterocycles. The molecule has 0 radical (unpaired) electrons. The van der Waals surface area contributed by atoms with Gasteiger partial charge in [0.25, 0.3) is 0 Å². The van der Waals surface area contributed by atoms with Crippen LogP contribution in [-0.4, -0.2) is 19.5 Å². The lowest BCUT2D eigenvalue weighted by molar-refractivity contribution is 0.148. The van der Waals surface area contributed by atoms with E-state index in [0.29, 0.717) is 0 Å². The largest absolute Gasteiger partial charge is 0.386 e. The standard InChI is InChI=1S/C14H19N3O2/c1-9-5-10(2)13(11(3)6-9)12(18)7-17-14(19)16(4)8-15-17/h5-6,8,12,18H,7H2,1-4H3. The topological polar surface area (TPSA) is 60.0 Å². The van der Waals surface area contributed by atoms with Crippen LogP contribution in [0.25, 0.3) is 0 Å². The molecule has 1 atom stereocenters. The lowest BCUT2D eigenvalue weighted by atomic mass is 9.95. The number of nitrogens with zero attached hydrogens (tertiary/aromatic N) is 3. The quantitative estimate of drug-likeness (QED) is 0.904. The summed E-state index contributed by atoms with van der Waals surface area (Å²) >= 11 is 0. The molecule has 19 heavy (non-hydrogen) atoms. The first kappa shape index (κ1) is 13.5. The highest BCUT2D eigenvalue weighted by molar-refractivity contribution is 5.38. The number of hydrogen-bond acceptors (Lipinski definition) is 3. The first-order chi connectivity index (χ1) is 8.90. The maximum Gasteiger partial charge on any atom is 0.345 e. The monoisotopic (exact) mass is 261 g/mol. The molecule has 0 bridgehead atoms. The van der Waals surface area contributed by atoms with E-state index in [2.05, 4.69) is 5.10 Å². The minimum atomic E-state index is -0.729. The summed E-state index contributed by atoms with van der Waals surface area (Å²) in [5.41, 5.74) is 3.90. The van der Waals surface area contributed by atoms with E-state index in [1.54, 1.807) is 7.05 Å². The fourth-order valence-electron chi connectivity index (χ4n) is 2.52. The number of rotatable bonds is 3. The first-order valence-electron chi connectivity index (χ1n) is 6.24. The zero-order chi connectivity index (χ0) is 14.2. The molecule has 0 aliphatic rings. The number of aryl methyl sites for hydroxylation is 4. The highest BCUT2D eigenvalue weighted by Crippen LogP contribution is 2.24. The maximum absolute atomic E-state index is 11.7. The molecule has 0 saturated carbocycles. The third-order valence-electron chi connectivity index (χ3n) is 3.30. The number of hydrogen-bond donors (Lipinski definition) is 1. The van der Waals surface area contributed by atoms with E-state index in [9.17, 15) is 9.90 Å². The zero-order valence-electron chi connectivity index (χ0n) is 11.7. The Bertz CT molecular complexity index is 632. The van der Waals surface area contributed by atoms with Gasteiger partial charge in [0.15, 0.2) is 0 Å². The van der Waals surface area contributed by atoms with Crippen molar-refractivity contribution in [3.63, 3.8) is 0 Å². The Hall–Kier alpha value is -1.88. The molecule has 1 aromatic carbocycles. The zero-order valence-corrected chi connectivity index (χ0v) is 11.7. The molecule has 2 rings (SSSR count). The molecule has 0 amide bonds. The molecule has 0 aliphatic carbocycles. The summed E-state index contributed by atoms with van der Waals surface area (Å²) in [5.74, 6) is 0. The van der Waals surface area contributed by atoms with Crippen LogP contribution in [0.1, 0.15) is 28.4 Å². The summed E-state index contributed by atoms with van der Waals surface area (Å²) in [7, 11) is 1.64. The molecule has 5 nitrogen and oxygen atoms in total. The molecule has 0 fully saturated rings. The second-order valence-corrected chi connectivity index (χ2v) is 5.03. The van der Waals surface area contributed by atoms with Crippen LogP contribution in [0.5, 0.6) is 0 Å². The van der Waals surface area contributed by atoms with Crippen LogP contribution in [0.3, 0.4) is 0 Å². The lowest BCUT2D eigenvalue weighted by Gasteiger charge is -2.17. The SMILES string of the molecule is Cc1cc(C)c(C(O)Cn2ncn(C)c2=O)c(C)c1. The molecular weight excluding hydrogens is 242 g/mol. The van der Waals surface area contributed by atoms with Gasteiger partial charge in [-0.05, 0) is 37.5 Å². The summed E-state index contributed by atoms with van der Waals surface area (Å²) in [6, 6.07) is 4.07. The van der Waals surface area contributed by atoms with Gasteiger partial charge >= 0.3 is 5.69 Å². The minimum Gasteiger partial charge on any atom is -0.386 e. The average Bonchev–Trinajstić information content (AvgIpc) is 2.59. The van der Waals surface area contributed by atoms with Crippen molar-refractivity contribution < 1.29 is 5.11 Å². The second kappa shape index (κ2) is 5.01. The predicted octanol–water partition coefficient (Wildman–Crippen LogP) is 1.24. The van der Waals surface area contributed by atoms with Gasteiger partial charge in [0, 0.05) is 7.05 Å². The molecule has 5 heteroatoms. The highest BCUT2D eigenvalue weighted by Gasteiger charge is 2.16. The van der Waals surface area contributed by atoms with Crippen molar-refractivity contribution in [3.05, 3.63) is 51.2 Å². The van der Waals surface area contributed by atoms with Gasteiger partial charge in [-0.2, -0.15) is 5.10 Å². The summed E-state index contributed by atoms with van der Waals surface area (Å²) in [4.78, 5) is 11.7. The average molecular weight is 261 g/mol. The smallest absolute Gasteiger partial charge is 0.345 e. The molecule has 1 unspecified atom stereocenters. The maximum atomic E-state index is 11.7. The van der Waals surface area contributed by atoms with Crippen molar-refractivity contribution in [2.75, 3.05) is 0 Å². The highest BCUT2D eigenvalue weighted by atomic mass is 16.3. The molecule has 0 spiro atoms. The van der Waals surface area contributed by atoms with Crippen molar-refractivity contribution >= 4 is 0 Å². The molecular formula is C14H19N3O2. The summed E-state index contributed by atoms with van der Waals surface area (Å²) in [6.45, 7) is 6.14. The Morgan fingerprint density at radius 2 is 1.84 bits per heavy atom. The Kier molecular flexibility index (Phi) is 3.57. The van der Waals surface area contributed by atoms with Gasteiger partial charge in [0.2, 0.25) is 0 Å². The van der Waals surface area contributed by atoms with Crippen molar-refractivity contribution in [3.8, 4) is 0 Å². The fraction of sp³-hybridized carbons (Fsp3) is 0.429. The molecule has 1 N–H and O–H groups in total. The Labute approximate surface area is 112 Å². The van der Waals surface area contributed by atoms with Crippen molar-refractivity contribution in [1.29, 1.82) is 0 Å². The Morgan fingerprint density at radius 3 is 2.32 bits per heavy atom. The number of aromatic nitrogens is 3. The number of aliphatic hydroxyl groups excluding tert-OH is 1. The minimum absolute atomic E-state index is 0.171. The van der Waals surface area contributed by atoms with Crippen LogP contribution in [0.15, 0.2) is 23.3 Å². The lowest BCUT2D eigenvalue weighted by Crippen LogP contribution is -2.26. The summed E-state index contributed by atoms with van der Waals surface area (Å²) < 4.78 is 2.67. The predicted molar refractivity (Wildman–Crippen MR) is 73.1 cm³/mol.